The topological polar surface area (TPSA) is 84.4 Å². The third-order valence-corrected chi connectivity index (χ3v) is 15.4. The highest BCUT2D eigenvalue weighted by Gasteiger charge is 2.50. The third-order valence-electron chi connectivity index (χ3n) is 10.4. The van der Waals surface area contributed by atoms with Crippen LogP contribution in [0.25, 0.3) is 0 Å². The van der Waals surface area contributed by atoms with Gasteiger partial charge in [-0.05, 0) is 57.2 Å². The number of amides is 1. The minimum Gasteiger partial charge on any atom is -0.490 e. The van der Waals surface area contributed by atoms with E-state index in [2.05, 4.69) is 86.3 Å². The second-order valence-corrected chi connectivity index (χ2v) is 18.8. The van der Waals surface area contributed by atoms with E-state index in [0.717, 1.165) is 43.1 Å². The zero-order valence-electron chi connectivity index (χ0n) is 29.0. The molecule has 8 nitrogen and oxygen atoms in total. The fraction of sp³-hybridized carbons (Fsp3) is 0.400. The van der Waals surface area contributed by atoms with Crippen LogP contribution in [0, 0.1) is 6.92 Å². The summed E-state index contributed by atoms with van der Waals surface area (Å²) in [5.41, 5.74) is 4.64. The summed E-state index contributed by atoms with van der Waals surface area (Å²) in [6, 6.07) is 28.7. The number of rotatable bonds is 10. The molecule has 4 heterocycles. The molecule has 7 rings (SSSR count). The van der Waals surface area contributed by atoms with Crippen LogP contribution in [0.3, 0.4) is 0 Å². The minimum absolute atomic E-state index is 0.103. The van der Waals surface area contributed by atoms with Gasteiger partial charge in [-0.2, -0.15) is 0 Å². The molecule has 1 N–H and O–H groups in total. The molecule has 0 bridgehead atoms. The molecule has 0 aliphatic carbocycles. The lowest BCUT2D eigenvalue weighted by molar-refractivity contribution is 0.0610. The van der Waals surface area contributed by atoms with Crippen LogP contribution in [-0.2, 0) is 22.4 Å². The average Bonchev–Trinajstić information content (AvgIpc) is 3.68. The second kappa shape index (κ2) is 13.7. The van der Waals surface area contributed by atoms with Crippen molar-refractivity contribution in [3.63, 3.8) is 0 Å². The molecular weight excluding hydrogens is 631 g/mol. The van der Waals surface area contributed by atoms with Crippen LogP contribution < -0.4 is 20.0 Å². The number of hydrogen-bond acceptors (Lipinski definition) is 7. The van der Waals surface area contributed by atoms with Crippen LogP contribution in [0.2, 0.25) is 5.04 Å². The number of aryl methyl sites for hydroxylation is 1. The van der Waals surface area contributed by atoms with Crippen LogP contribution in [0.5, 0.6) is 5.75 Å². The molecule has 3 aliphatic rings. The highest BCUT2D eigenvalue weighted by Crippen LogP contribution is 2.39. The minimum atomic E-state index is -2.77. The summed E-state index contributed by atoms with van der Waals surface area (Å²) < 4.78 is 19.0. The van der Waals surface area contributed by atoms with Crippen molar-refractivity contribution in [1.29, 1.82) is 0 Å². The molecule has 1 atom stereocenters. The van der Waals surface area contributed by atoms with Gasteiger partial charge in [-0.3, -0.25) is 4.79 Å². The van der Waals surface area contributed by atoms with E-state index in [1.165, 1.54) is 21.5 Å². The Kier molecular flexibility index (Phi) is 9.36. The van der Waals surface area contributed by atoms with Crippen molar-refractivity contribution in [2.45, 2.75) is 70.9 Å². The van der Waals surface area contributed by atoms with E-state index in [-0.39, 0.29) is 23.7 Å². The maximum absolute atomic E-state index is 13.9. The fourth-order valence-electron chi connectivity index (χ4n) is 7.91. The first-order valence-corrected chi connectivity index (χ1v) is 19.4. The molecule has 0 saturated carbocycles. The molecule has 1 aromatic heterocycles. The molecule has 49 heavy (non-hydrogen) atoms. The van der Waals surface area contributed by atoms with Crippen molar-refractivity contribution >= 4 is 30.4 Å². The number of nitrogens with zero attached hydrogens (tertiary/aromatic N) is 3. The fourth-order valence-corrected chi connectivity index (χ4v) is 12.5. The number of anilines is 1. The highest BCUT2D eigenvalue weighted by atomic mass is 28.4. The zero-order valence-corrected chi connectivity index (χ0v) is 30.0. The molecule has 3 aliphatic heterocycles. The average molecular weight is 678 g/mol. The largest absolute Gasteiger partial charge is 0.490 e. The number of piperidine rings is 1. The van der Waals surface area contributed by atoms with Gasteiger partial charge in [0, 0.05) is 32.5 Å². The summed E-state index contributed by atoms with van der Waals surface area (Å²) >= 11 is 0. The Hall–Kier alpha value is -4.02. The van der Waals surface area contributed by atoms with Gasteiger partial charge in [-0.1, -0.05) is 87.5 Å². The van der Waals surface area contributed by atoms with E-state index < -0.39 is 14.4 Å². The van der Waals surface area contributed by atoms with Crippen LogP contribution >= 0.6 is 0 Å². The van der Waals surface area contributed by atoms with Gasteiger partial charge in [0.1, 0.15) is 17.7 Å². The number of ether oxygens (including phenoxy) is 2. The van der Waals surface area contributed by atoms with Gasteiger partial charge in [0.15, 0.2) is 0 Å². The summed E-state index contributed by atoms with van der Waals surface area (Å²) in [7, 11) is -2.77. The SMILES string of the molecule is Cc1cc2c(nc1N1CCC(Oc3ccc4c(c3)COC4)CC1)C(CO)N(CCO[Si](c1ccccc1)(c1ccccc1)C(C)(C)C)C2=O. The summed E-state index contributed by atoms with van der Waals surface area (Å²) in [4.78, 5) is 23.0. The Bertz CT molecular complexity index is 1750. The van der Waals surface area contributed by atoms with Crippen molar-refractivity contribution in [3.8, 4) is 5.75 Å². The van der Waals surface area contributed by atoms with Gasteiger partial charge in [0.2, 0.25) is 0 Å². The van der Waals surface area contributed by atoms with Gasteiger partial charge in [0.25, 0.3) is 14.2 Å². The lowest BCUT2D eigenvalue weighted by Gasteiger charge is -2.43. The number of aliphatic hydroxyl groups is 1. The first kappa shape index (κ1) is 33.5. The lowest BCUT2D eigenvalue weighted by Crippen LogP contribution is -2.67. The van der Waals surface area contributed by atoms with Gasteiger partial charge < -0.3 is 28.8 Å². The van der Waals surface area contributed by atoms with E-state index in [0.29, 0.717) is 37.6 Å². The lowest BCUT2D eigenvalue weighted by atomic mass is 10.0. The normalized spacial score (nSPS) is 18.1. The number of aliphatic hydroxyl groups excluding tert-OH is 1. The molecule has 0 spiro atoms. The molecule has 9 heteroatoms. The van der Waals surface area contributed by atoms with E-state index in [4.69, 9.17) is 18.9 Å². The molecule has 3 aromatic carbocycles. The maximum atomic E-state index is 13.9. The van der Waals surface area contributed by atoms with Crippen LogP contribution in [0.4, 0.5) is 5.82 Å². The van der Waals surface area contributed by atoms with Gasteiger partial charge in [-0.25, -0.2) is 4.98 Å². The van der Waals surface area contributed by atoms with Crippen LogP contribution in [-0.4, -0.2) is 68.2 Å². The number of carbonyl (C=O) groups is 1. The number of carbonyl (C=O) groups excluding carboxylic acids is 1. The monoisotopic (exact) mass is 677 g/mol. The maximum Gasteiger partial charge on any atom is 0.261 e. The van der Waals surface area contributed by atoms with Gasteiger partial charge >= 0.3 is 0 Å². The molecule has 256 valence electrons. The van der Waals surface area contributed by atoms with E-state index in [1.54, 1.807) is 4.90 Å². The second-order valence-electron chi connectivity index (χ2n) is 14.5. The highest BCUT2D eigenvalue weighted by molar-refractivity contribution is 6.99. The van der Waals surface area contributed by atoms with E-state index in [9.17, 15) is 9.90 Å². The quantitative estimate of drug-likeness (QED) is 0.221. The Morgan fingerprint density at radius 2 is 1.57 bits per heavy atom. The third kappa shape index (κ3) is 6.29. The summed E-state index contributed by atoms with van der Waals surface area (Å²) in [6.07, 6.45) is 1.88. The Labute approximate surface area is 290 Å². The summed E-state index contributed by atoms with van der Waals surface area (Å²) in [5.74, 6) is 1.68. The molecule has 1 unspecified atom stereocenters. The predicted octanol–water partition coefficient (Wildman–Crippen LogP) is 5.53. The number of fused-ring (bicyclic) bond motifs is 2. The predicted molar refractivity (Wildman–Crippen MR) is 194 cm³/mol. The number of hydrogen-bond donors (Lipinski definition) is 1. The Morgan fingerprint density at radius 1 is 0.918 bits per heavy atom. The molecule has 1 amide bonds. The van der Waals surface area contributed by atoms with Gasteiger partial charge in [-0.15, -0.1) is 0 Å². The number of aromatic nitrogens is 1. The molecule has 1 fully saturated rings. The Morgan fingerprint density at radius 3 is 2.20 bits per heavy atom. The van der Waals surface area contributed by atoms with Crippen LogP contribution in [0.15, 0.2) is 84.9 Å². The summed E-state index contributed by atoms with van der Waals surface area (Å²) in [5, 5.41) is 12.9. The van der Waals surface area contributed by atoms with Crippen molar-refractivity contribution < 1.29 is 23.8 Å². The van der Waals surface area contributed by atoms with Gasteiger partial charge in [0.05, 0.1) is 43.7 Å². The van der Waals surface area contributed by atoms with Crippen molar-refractivity contribution in [1.82, 2.24) is 9.88 Å². The van der Waals surface area contributed by atoms with E-state index in [1.807, 2.05) is 31.2 Å². The number of benzene rings is 3. The Balaban J connectivity index is 1.06. The van der Waals surface area contributed by atoms with Crippen molar-refractivity contribution in [2.75, 3.05) is 37.7 Å². The summed E-state index contributed by atoms with van der Waals surface area (Å²) in [6.45, 7) is 12.2. The molecule has 4 aromatic rings. The van der Waals surface area contributed by atoms with E-state index >= 15 is 0 Å². The zero-order chi connectivity index (χ0) is 34.2. The standard InChI is InChI=1S/C40H47N3O5Si/c1-28-23-35-37(41-38(28)42-19-17-31(18-20-42)48-32-16-15-29-26-46-27-30(29)24-32)36(25-44)43(39(35)45)21-22-47-49(40(2,3)4,33-11-7-5-8-12-33)34-13-9-6-10-14-34/h5-16,23-24,31,36,44H,17-22,25-27H2,1-4H3. The first-order valence-electron chi connectivity index (χ1n) is 17.5. The molecule has 1 saturated heterocycles. The first-order chi connectivity index (χ1) is 23.7. The van der Waals surface area contributed by atoms with Crippen LogP contribution in [0.1, 0.15) is 72.4 Å². The van der Waals surface area contributed by atoms with Crippen molar-refractivity contribution in [2.24, 2.45) is 0 Å². The smallest absolute Gasteiger partial charge is 0.261 e. The molecular formula is C40H47N3O5Si. The molecule has 0 radical (unpaired) electrons. The van der Waals surface area contributed by atoms with Crippen molar-refractivity contribution in [3.05, 3.63) is 113 Å². The number of pyridine rings is 1.